The average Bonchev–Trinajstić information content (AvgIpc) is 3.40. The van der Waals surface area contributed by atoms with E-state index in [0.29, 0.717) is 12.2 Å². The molecule has 3 aromatic carbocycles. The van der Waals surface area contributed by atoms with Crippen molar-refractivity contribution in [2.24, 2.45) is 0 Å². The molecule has 0 radical (unpaired) electrons. The fraction of sp³-hybridized carbons (Fsp3) is 0.200. The van der Waals surface area contributed by atoms with Crippen LogP contribution in [0.1, 0.15) is 17.5 Å². The van der Waals surface area contributed by atoms with E-state index >= 15 is 0 Å². The molecule has 32 heavy (non-hydrogen) atoms. The van der Waals surface area contributed by atoms with Crippen molar-refractivity contribution in [3.05, 3.63) is 90.0 Å². The lowest BCUT2D eigenvalue weighted by Crippen LogP contribution is -2.35. The average molecular weight is 451 g/mol. The van der Waals surface area contributed by atoms with Gasteiger partial charge >= 0.3 is 10.1 Å². The highest BCUT2D eigenvalue weighted by Gasteiger charge is 2.53. The van der Waals surface area contributed by atoms with Gasteiger partial charge in [-0.3, -0.25) is 0 Å². The summed E-state index contributed by atoms with van der Waals surface area (Å²) in [6, 6.07) is 22.9. The molecule has 2 heterocycles. The van der Waals surface area contributed by atoms with Crippen molar-refractivity contribution in [1.82, 2.24) is 0 Å². The molecular formula is C25H22O6S. The van der Waals surface area contributed by atoms with Crippen LogP contribution in [0.15, 0.2) is 78.9 Å². The van der Waals surface area contributed by atoms with Gasteiger partial charge in [-0.15, -0.1) is 0 Å². The Kier molecular flexibility index (Phi) is 5.15. The summed E-state index contributed by atoms with van der Waals surface area (Å²) in [4.78, 5) is 0. The highest BCUT2D eigenvalue weighted by atomic mass is 32.2. The topological polar surface area (TPSA) is 82.1 Å². The summed E-state index contributed by atoms with van der Waals surface area (Å²) in [5.74, 6) is 1.16. The second kappa shape index (κ2) is 8.00. The number of benzene rings is 3. The van der Waals surface area contributed by atoms with Crippen LogP contribution in [0, 0.1) is 0 Å². The van der Waals surface area contributed by atoms with Gasteiger partial charge in [-0.1, -0.05) is 42.5 Å². The van der Waals surface area contributed by atoms with Crippen LogP contribution >= 0.6 is 0 Å². The number of phenols is 1. The maximum atomic E-state index is 13.2. The zero-order valence-corrected chi connectivity index (χ0v) is 18.2. The van der Waals surface area contributed by atoms with Crippen LogP contribution in [-0.2, 0) is 14.9 Å². The van der Waals surface area contributed by atoms with Gasteiger partial charge in [0.25, 0.3) is 0 Å². The Hall–Kier alpha value is -3.29. The number of methoxy groups -OCH3 is 1. The monoisotopic (exact) mass is 450 g/mol. The van der Waals surface area contributed by atoms with E-state index in [-0.39, 0.29) is 17.6 Å². The van der Waals surface area contributed by atoms with Crippen LogP contribution in [0.4, 0.5) is 0 Å². The quantitative estimate of drug-likeness (QED) is 0.565. The fourth-order valence-electron chi connectivity index (χ4n) is 4.44. The number of para-hydroxylation sites is 1. The van der Waals surface area contributed by atoms with Crippen molar-refractivity contribution >= 4 is 21.3 Å². The molecule has 164 valence electrons. The summed E-state index contributed by atoms with van der Waals surface area (Å²) >= 11 is 0. The number of rotatable bonds is 6. The number of fused-ring (bicyclic) bond motifs is 2. The Balaban J connectivity index is 1.57. The number of ether oxygens (including phenoxy) is 2. The Morgan fingerprint density at radius 3 is 2.12 bits per heavy atom. The minimum Gasteiger partial charge on any atom is -0.508 e. The van der Waals surface area contributed by atoms with Gasteiger partial charge in [-0.25, -0.2) is 0 Å². The van der Waals surface area contributed by atoms with Gasteiger partial charge in [0, 0.05) is 6.42 Å². The van der Waals surface area contributed by atoms with Crippen LogP contribution in [-0.4, -0.2) is 38.1 Å². The Labute approximate surface area is 186 Å². The van der Waals surface area contributed by atoms with Crippen LogP contribution < -0.4 is 8.92 Å². The molecule has 6 nitrogen and oxygen atoms in total. The molecule has 0 spiro atoms. The van der Waals surface area contributed by atoms with Gasteiger partial charge in [0.05, 0.1) is 13.2 Å². The first-order chi connectivity index (χ1) is 15.5. The molecule has 5 rings (SSSR count). The molecule has 1 saturated heterocycles. The molecule has 3 atom stereocenters. The second-order valence-corrected chi connectivity index (χ2v) is 9.57. The second-order valence-electron chi connectivity index (χ2n) is 7.81. The molecule has 1 N–H and O–H groups in total. The summed E-state index contributed by atoms with van der Waals surface area (Å²) in [6.07, 6.45) is -0.748. The lowest BCUT2D eigenvalue weighted by molar-refractivity contribution is 0.128. The largest absolute Gasteiger partial charge is 0.508 e. The number of aromatic hydroxyl groups is 1. The summed E-state index contributed by atoms with van der Waals surface area (Å²) in [7, 11) is -2.34. The van der Waals surface area contributed by atoms with Crippen molar-refractivity contribution in [3.63, 3.8) is 0 Å². The van der Waals surface area contributed by atoms with E-state index in [9.17, 15) is 13.5 Å². The first kappa shape index (κ1) is 20.6. The summed E-state index contributed by atoms with van der Waals surface area (Å²) in [5.41, 5.74) is 3.51. The van der Waals surface area contributed by atoms with Gasteiger partial charge in [-0.2, -0.15) is 8.42 Å². The third-order valence-electron chi connectivity index (χ3n) is 5.90. The first-order valence-corrected chi connectivity index (χ1v) is 11.7. The van der Waals surface area contributed by atoms with Crippen LogP contribution in [0.5, 0.6) is 17.2 Å². The van der Waals surface area contributed by atoms with E-state index in [2.05, 4.69) is 0 Å². The van der Waals surface area contributed by atoms with Gasteiger partial charge in [0.2, 0.25) is 0 Å². The molecule has 0 aliphatic carbocycles. The molecule has 0 saturated carbocycles. The molecule has 0 amide bonds. The third kappa shape index (κ3) is 3.63. The smallest absolute Gasteiger partial charge is 0.315 e. The molecule has 2 aliphatic rings. The zero-order chi connectivity index (χ0) is 22.3. The Morgan fingerprint density at radius 1 is 0.844 bits per heavy atom. The van der Waals surface area contributed by atoms with Crippen molar-refractivity contribution in [1.29, 1.82) is 0 Å². The normalized spacial score (nSPS) is 22.2. The van der Waals surface area contributed by atoms with Gasteiger partial charge in [0.15, 0.2) is 0 Å². The van der Waals surface area contributed by atoms with Crippen molar-refractivity contribution in [2.75, 3.05) is 7.11 Å². The van der Waals surface area contributed by atoms with Crippen LogP contribution in [0.2, 0.25) is 0 Å². The SMILES string of the molecule is COc1ccc(C2=C(c3ccc(O)cc3)C3CC(S(=O)(=O)Oc4ccccc4)C2O3)cc1. The van der Waals surface area contributed by atoms with Crippen molar-refractivity contribution in [3.8, 4) is 17.2 Å². The number of hydrogen-bond donors (Lipinski definition) is 1. The molecule has 2 bridgehead atoms. The molecule has 0 aromatic heterocycles. The van der Waals surface area contributed by atoms with E-state index in [1.54, 1.807) is 49.6 Å². The van der Waals surface area contributed by atoms with Crippen LogP contribution in [0.25, 0.3) is 11.1 Å². The highest BCUT2D eigenvalue weighted by Crippen LogP contribution is 2.51. The zero-order valence-electron chi connectivity index (χ0n) is 17.3. The third-order valence-corrected chi connectivity index (χ3v) is 7.50. The minimum absolute atomic E-state index is 0.168. The fourth-order valence-corrected chi connectivity index (χ4v) is 5.85. The standard InChI is InChI=1S/C25H22O6S/c1-29-19-13-9-17(10-14-19)24-23(16-7-11-18(26)12-8-16)21-15-22(25(24)30-21)32(27,28)31-20-5-3-2-4-6-20/h2-14,21-22,25-26H,15H2,1H3. The molecule has 7 heteroatoms. The maximum absolute atomic E-state index is 13.2. The molecule has 2 aliphatic heterocycles. The predicted octanol–water partition coefficient (Wildman–Crippen LogP) is 4.26. The summed E-state index contributed by atoms with van der Waals surface area (Å²) < 4.78 is 43.3. The molecular weight excluding hydrogens is 428 g/mol. The lowest BCUT2D eigenvalue weighted by atomic mass is 9.83. The van der Waals surface area contributed by atoms with Gasteiger partial charge in [-0.05, 0) is 58.7 Å². The van der Waals surface area contributed by atoms with Gasteiger partial charge < -0.3 is 18.8 Å². The van der Waals surface area contributed by atoms with E-state index in [1.165, 1.54) is 0 Å². The molecule has 3 aromatic rings. The minimum atomic E-state index is -3.93. The van der Waals surface area contributed by atoms with E-state index in [1.807, 2.05) is 36.4 Å². The van der Waals surface area contributed by atoms with Crippen LogP contribution in [0.3, 0.4) is 0 Å². The molecule has 3 unspecified atom stereocenters. The first-order valence-electron chi connectivity index (χ1n) is 10.3. The maximum Gasteiger partial charge on any atom is 0.315 e. The van der Waals surface area contributed by atoms with Crippen molar-refractivity contribution < 1.29 is 27.2 Å². The highest BCUT2D eigenvalue weighted by molar-refractivity contribution is 7.87. The Morgan fingerprint density at radius 2 is 1.47 bits per heavy atom. The van der Waals surface area contributed by atoms with E-state index in [0.717, 1.165) is 22.3 Å². The predicted molar refractivity (Wildman–Crippen MR) is 121 cm³/mol. The van der Waals surface area contributed by atoms with Gasteiger partial charge in [0.1, 0.15) is 28.6 Å². The van der Waals surface area contributed by atoms with E-state index in [4.69, 9.17) is 13.7 Å². The number of hydrogen-bond acceptors (Lipinski definition) is 6. The summed E-state index contributed by atoms with van der Waals surface area (Å²) in [6.45, 7) is 0. The number of phenolic OH excluding ortho intramolecular Hbond substituents is 1. The van der Waals surface area contributed by atoms with Crippen molar-refractivity contribution in [2.45, 2.75) is 23.9 Å². The van der Waals surface area contributed by atoms with E-state index < -0.39 is 21.5 Å². The Bertz CT molecular complexity index is 1250. The summed E-state index contributed by atoms with van der Waals surface area (Å²) in [5, 5.41) is 8.88. The molecule has 1 fully saturated rings. The lowest BCUT2D eigenvalue weighted by Gasteiger charge is -2.24.